The number of rotatable bonds is 8. The van der Waals surface area contributed by atoms with Gasteiger partial charge in [-0.1, -0.05) is 12.1 Å². The molecule has 1 aliphatic carbocycles. The van der Waals surface area contributed by atoms with Crippen LogP contribution in [0.25, 0.3) is 0 Å². The number of nitrogens with zero attached hydrogens (tertiary/aromatic N) is 1. The number of thiol groups is 1. The lowest BCUT2D eigenvalue weighted by molar-refractivity contribution is -0.117. The highest BCUT2D eigenvalue weighted by Gasteiger charge is 2.30. The zero-order valence-electron chi connectivity index (χ0n) is 17.5. The van der Waals surface area contributed by atoms with E-state index in [-0.39, 0.29) is 22.6 Å². The lowest BCUT2D eigenvalue weighted by Crippen LogP contribution is -2.41. The average Bonchev–Trinajstić information content (AvgIpc) is 2.73. The smallest absolute Gasteiger partial charge is 0.341 e. The molecule has 0 spiro atoms. The molecule has 0 heterocycles. The number of carbonyl (C=O) groups is 2. The van der Waals surface area contributed by atoms with Crippen molar-refractivity contribution in [1.29, 1.82) is 0 Å². The maximum atomic E-state index is 12.9. The number of hydrogen-bond donors (Lipinski definition) is 3. The van der Waals surface area contributed by atoms with E-state index >= 15 is 0 Å². The molecule has 3 amide bonds. The molecule has 1 aliphatic rings. The molecule has 0 bridgehead atoms. The maximum Gasteiger partial charge on any atom is 0.341 e. The minimum Gasteiger partial charge on any atom is -0.495 e. The van der Waals surface area contributed by atoms with E-state index in [0.717, 1.165) is 31.3 Å². The normalized spacial score (nSPS) is 14.1. The summed E-state index contributed by atoms with van der Waals surface area (Å²) >= 11 is 3.88. The summed E-state index contributed by atoms with van der Waals surface area (Å²) in [5, 5.41) is 5.36. The summed E-state index contributed by atoms with van der Waals surface area (Å²) in [6.07, 6.45) is 6.23. The van der Waals surface area contributed by atoms with Gasteiger partial charge in [-0.15, -0.1) is 0 Å². The van der Waals surface area contributed by atoms with Crippen LogP contribution in [-0.2, 0) is 21.2 Å². The lowest BCUT2D eigenvalue weighted by atomic mass is 9.99. The van der Waals surface area contributed by atoms with Gasteiger partial charge in [0, 0.05) is 18.2 Å². The van der Waals surface area contributed by atoms with Crippen LogP contribution in [-0.4, -0.2) is 43.8 Å². The molecule has 1 aromatic carbocycles. The van der Waals surface area contributed by atoms with Crippen LogP contribution in [0.3, 0.4) is 0 Å². The molecule has 0 aliphatic heterocycles. The standard InChI is InChI=1S/C20H29N3O5S2/c1-14(2)22-20(25)23(29)30(26,27)18-13-15(9-10-17(18)28-3)11-12-21-19(24)16-7-5-4-6-8-16/h7,9-10,13-14,29H,4-6,8,11-12H2,1-3H3,(H,21,24)(H,22,25). The van der Waals surface area contributed by atoms with E-state index in [4.69, 9.17) is 4.74 Å². The monoisotopic (exact) mass is 455 g/mol. The highest BCUT2D eigenvalue weighted by atomic mass is 32.3. The average molecular weight is 456 g/mol. The van der Waals surface area contributed by atoms with Gasteiger partial charge < -0.3 is 15.4 Å². The van der Waals surface area contributed by atoms with E-state index < -0.39 is 16.1 Å². The Morgan fingerprint density at radius 1 is 1.27 bits per heavy atom. The van der Waals surface area contributed by atoms with Gasteiger partial charge in [-0.2, -0.15) is 12.1 Å². The van der Waals surface area contributed by atoms with E-state index in [1.807, 2.05) is 6.08 Å². The number of nitrogens with one attached hydrogen (secondary N) is 2. The number of hydrogen-bond acceptors (Lipinski definition) is 6. The number of allylic oxidation sites excluding steroid dienone is 1. The Bertz CT molecular complexity index is 913. The second kappa shape index (κ2) is 10.7. The zero-order chi connectivity index (χ0) is 22.3. The first-order valence-corrected chi connectivity index (χ1v) is 11.7. The minimum atomic E-state index is -4.24. The Morgan fingerprint density at radius 3 is 2.60 bits per heavy atom. The molecule has 2 rings (SSSR count). The highest BCUT2D eigenvalue weighted by molar-refractivity contribution is 8.00. The molecule has 0 radical (unpaired) electrons. The van der Waals surface area contributed by atoms with Crippen LogP contribution in [0.5, 0.6) is 5.75 Å². The van der Waals surface area contributed by atoms with Crippen molar-refractivity contribution in [2.75, 3.05) is 13.7 Å². The maximum absolute atomic E-state index is 12.9. The Labute approximate surface area is 183 Å². The fourth-order valence-electron chi connectivity index (χ4n) is 3.06. The quantitative estimate of drug-likeness (QED) is 0.523. The number of methoxy groups -OCH3 is 1. The molecule has 0 unspecified atom stereocenters. The number of amides is 3. The van der Waals surface area contributed by atoms with Crippen LogP contribution in [0, 0.1) is 0 Å². The molecule has 0 aromatic heterocycles. The van der Waals surface area contributed by atoms with Crippen LogP contribution < -0.4 is 15.4 Å². The third-order valence-electron chi connectivity index (χ3n) is 4.60. The molecule has 166 valence electrons. The minimum absolute atomic E-state index is 0.0806. The molecule has 1 aromatic rings. The molecular formula is C20H29N3O5S2. The van der Waals surface area contributed by atoms with Crippen molar-refractivity contribution in [1.82, 2.24) is 14.3 Å². The number of urea groups is 1. The molecule has 30 heavy (non-hydrogen) atoms. The van der Waals surface area contributed by atoms with Crippen LogP contribution in [0.15, 0.2) is 34.7 Å². The van der Waals surface area contributed by atoms with E-state index in [1.165, 1.54) is 19.2 Å². The summed E-state index contributed by atoms with van der Waals surface area (Å²) < 4.78 is 31.4. The van der Waals surface area contributed by atoms with Gasteiger partial charge in [0.2, 0.25) is 5.91 Å². The number of sulfonamides is 1. The van der Waals surface area contributed by atoms with Gasteiger partial charge in [0.05, 0.1) is 7.11 Å². The van der Waals surface area contributed by atoms with Gasteiger partial charge in [0.15, 0.2) is 0 Å². The number of ether oxygens (including phenoxy) is 1. The zero-order valence-corrected chi connectivity index (χ0v) is 19.2. The van der Waals surface area contributed by atoms with Gasteiger partial charge in [0.25, 0.3) is 10.0 Å². The third kappa shape index (κ3) is 6.15. The Morgan fingerprint density at radius 2 is 2.00 bits per heavy atom. The molecule has 2 N–H and O–H groups in total. The van der Waals surface area contributed by atoms with E-state index in [0.29, 0.717) is 22.2 Å². The van der Waals surface area contributed by atoms with Crippen LogP contribution in [0.2, 0.25) is 0 Å². The summed E-state index contributed by atoms with van der Waals surface area (Å²) in [6.45, 7) is 3.79. The summed E-state index contributed by atoms with van der Waals surface area (Å²) in [7, 11) is -2.89. The second-order valence-electron chi connectivity index (χ2n) is 7.32. The van der Waals surface area contributed by atoms with E-state index in [9.17, 15) is 18.0 Å². The lowest BCUT2D eigenvalue weighted by Gasteiger charge is -2.20. The van der Waals surface area contributed by atoms with Gasteiger partial charge in [0.1, 0.15) is 10.6 Å². The molecule has 0 fully saturated rings. The van der Waals surface area contributed by atoms with Crippen molar-refractivity contribution in [2.45, 2.75) is 56.9 Å². The van der Waals surface area contributed by atoms with Crippen molar-refractivity contribution >= 4 is 34.8 Å². The van der Waals surface area contributed by atoms with Crippen molar-refractivity contribution in [2.24, 2.45) is 0 Å². The van der Waals surface area contributed by atoms with Gasteiger partial charge in [-0.3, -0.25) is 4.79 Å². The van der Waals surface area contributed by atoms with Crippen LogP contribution in [0.4, 0.5) is 4.79 Å². The first-order chi connectivity index (χ1) is 14.2. The van der Waals surface area contributed by atoms with Crippen LogP contribution >= 0.6 is 12.8 Å². The fraction of sp³-hybridized carbons (Fsp3) is 0.500. The van der Waals surface area contributed by atoms with E-state index in [1.54, 1.807) is 19.9 Å². The summed E-state index contributed by atoms with van der Waals surface area (Å²) in [4.78, 5) is 24.2. The fourth-order valence-corrected chi connectivity index (χ4v) is 4.55. The van der Waals surface area contributed by atoms with Crippen molar-refractivity contribution < 1.29 is 22.7 Å². The predicted octanol–water partition coefficient (Wildman–Crippen LogP) is 2.81. The van der Waals surface area contributed by atoms with Crippen molar-refractivity contribution in [3.63, 3.8) is 0 Å². The summed E-state index contributed by atoms with van der Waals surface area (Å²) in [5.74, 6) is 0.0227. The number of carbonyl (C=O) groups excluding carboxylic acids is 2. The molecule has 0 saturated heterocycles. The molecule has 0 atom stereocenters. The second-order valence-corrected chi connectivity index (χ2v) is 9.74. The van der Waals surface area contributed by atoms with Gasteiger partial charge >= 0.3 is 6.03 Å². The van der Waals surface area contributed by atoms with Gasteiger partial charge in [-0.05, 0) is 76.5 Å². The Balaban J connectivity index is 2.13. The van der Waals surface area contributed by atoms with Crippen molar-refractivity contribution in [3.05, 3.63) is 35.4 Å². The molecule has 0 saturated carbocycles. The first kappa shape index (κ1) is 24.1. The summed E-state index contributed by atoms with van der Waals surface area (Å²) in [6, 6.07) is 3.58. The highest BCUT2D eigenvalue weighted by Crippen LogP contribution is 2.29. The Hall–Kier alpha value is -2.20. The predicted molar refractivity (Wildman–Crippen MR) is 118 cm³/mol. The van der Waals surface area contributed by atoms with Crippen molar-refractivity contribution in [3.8, 4) is 5.75 Å². The molecule has 8 nitrogen and oxygen atoms in total. The van der Waals surface area contributed by atoms with E-state index in [2.05, 4.69) is 23.4 Å². The summed E-state index contributed by atoms with van der Waals surface area (Å²) in [5.41, 5.74) is 1.49. The number of benzene rings is 1. The van der Waals surface area contributed by atoms with Crippen LogP contribution in [0.1, 0.15) is 45.1 Å². The third-order valence-corrected chi connectivity index (χ3v) is 6.92. The molecule has 10 heteroatoms. The first-order valence-electron chi connectivity index (χ1n) is 9.85. The largest absolute Gasteiger partial charge is 0.495 e. The topological polar surface area (TPSA) is 105 Å². The SMILES string of the molecule is COc1ccc(CCNC(=O)C2=CCCCC2)cc1S(=O)(=O)N(S)C(=O)NC(C)C. The molecular weight excluding hydrogens is 426 g/mol. The van der Waals surface area contributed by atoms with Gasteiger partial charge in [-0.25, -0.2) is 4.79 Å². The Kier molecular flexibility index (Phi) is 8.60.